The molecular formula is C12H14O2. The zero-order valence-electron chi connectivity index (χ0n) is 8.29. The average Bonchev–Trinajstić information content (AvgIpc) is 2.60. The Bertz CT molecular complexity index is 429. The molecule has 0 fully saturated rings. The first-order valence-corrected chi connectivity index (χ1v) is 4.95. The highest BCUT2D eigenvalue weighted by atomic mass is 16.4. The largest absolute Gasteiger partial charge is 0.459 e. The highest BCUT2D eigenvalue weighted by Gasteiger charge is 2.02. The maximum absolute atomic E-state index is 8.92. The van der Waals surface area contributed by atoms with E-state index in [1.807, 2.05) is 12.1 Å². The van der Waals surface area contributed by atoms with Crippen molar-refractivity contribution < 1.29 is 9.52 Å². The van der Waals surface area contributed by atoms with Crippen LogP contribution in [0.15, 0.2) is 28.7 Å². The zero-order chi connectivity index (χ0) is 9.97. The Morgan fingerprint density at radius 3 is 2.86 bits per heavy atom. The summed E-state index contributed by atoms with van der Waals surface area (Å²) < 4.78 is 5.40. The highest BCUT2D eigenvalue weighted by Crippen LogP contribution is 2.21. The van der Waals surface area contributed by atoms with Crippen LogP contribution < -0.4 is 0 Å². The van der Waals surface area contributed by atoms with Gasteiger partial charge in [-0.25, -0.2) is 0 Å². The fourth-order valence-corrected chi connectivity index (χ4v) is 1.67. The van der Waals surface area contributed by atoms with Gasteiger partial charge in [0.15, 0.2) is 0 Å². The van der Waals surface area contributed by atoms with Crippen LogP contribution in [0.25, 0.3) is 11.0 Å². The van der Waals surface area contributed by atoms with Gasteiger partial charge in [0.1, 0.15) is 18.0 Å². The van der Waals surface area contributed by atoms with Crippen LogP contribution in [0, 0.1) is 0 Å². The Morgan fingerprint density at radius 2 is 2.14 bits per heavy atom. The van der Waals surface area contributed by atoms with E-state index in [4.69, 9.17) is 9.52 Å². The van der Waals surface area contributed by atoms with Crippen molar-refractivity contribution in [1.82, 2.24) is 0 Å². The molecule has 0 atom stereocenters. The Kier molecular flexibility index (Phi) is 2.55. The second-order valence-corrected chi connectivity index (χ2v) is 3.49. The minimum Gasteiger partial charge on any atom is -0.459 e. The summed E-state index contributed by atoms with van der Waals surface area (Å²) in [6.07, 6.45) is 2.24. The third-order valence-electron chi connectivity index (χ3n) is 2.33. The molecule has 0 radical (unpaired) electrons. The average molecular weight is 190 g/mol. The number of benzene rings is 1. The fourth-order valence-electron chi connectivity index (χ4n) is 1.67. The smallest absolute Gasteiger partial charge is 0.134 e. The molecule has 0 saturated heterocycles. The van der Waals surface area contributed by atoms with E-state index in [0.717, 1.165) is 23.8 Å². The molecule has 74 valence electrons. The number of rotatable bonds is 3. The summed E-state index contributed by atoms with van der Waals surface area (Å²) in [5.74, 6) is 0.633. The lowest BCUT2D eigenvalue weighted by Gasteiger charge is -1.96. The van der Waals surface area contributed by atoms with Crippen molar-refractivity contribution in [3.8, 4) is 0 Å². The van der Waals surface area contributed by atoms with Crippen LogP contribution in [0.2, 0.25) is 0 Å². The number of hydrogen-bond acceptors (Lipinski definition) is 2. The minimum absolute atomic E-state index is 0.0300. The molecule has 2 aromatic rings. The van der Waals surface area contributed by atoms with Crippen molar-refractivity contribution in [2.45, 2.75) is 26.4 Å². The van der Waals surface area contributed by atoms with Gasteiger partial charge in [0.05, 0.1) is 0 Å². The van der Waals surface area contributed by atoms with Crippen LogP contribution in [0.4, 0.5) is 0 Å². The molecule has 1 aromatic carbocycles. The number of hydrogen-bond donors (Lipinski definition) is 1. The van der Waals surface area contributed by atoms with E-state index in [0.29, 0.717) is 5.76 Å². The van der Waals surface area contributed by atoms with E-state index in [9.17, 15) is 0 Å². The molecule has 0 aliphatic heterocycles. The Hall–Kier alpha value is -1.28. The quantitative estimate of drug-likeness (QED) is 0.807. The standard InChI is InChI=1S/C12H14O2/c1-2-3-9-4-5-12-10(6-9)7-11(8-13)14-12/h4-7,13H,2-3,8H2,1H3. The lowest BCUT2D eigenvalue weighted by atomic mass is 10.1. The van der Waals surface area contributed by atoms with Crippen LogP contribution in [-0.2, 0) is 13.0 Å². The van der Waals surface area contributed by atoms with Gasteiger partial charge in [0.25, 0.3) is 0 Å². The molecule has 0 unspecified atom stereocenters. The van der Waals surface area contributed by atoms with Gasteiger partial charge in [-0.3, -0.25) is 0 Å². The summed E-state index contributed by atoms with van der Waals surface area (Å²) >= 11 is 0. The summed E-state index contributed by atoms with van der Waals surface area (Å²) in [5.41, 5.74) is 2.18. The first-order valence-electron chi connectivity index (χ1n) is 4.95. The molecule has 0 aliphatic rings. The van der Waals surface area contributed by atoms with Crippen molar-refractivity contribution in [2.75, 3.05) is 0 Å². The number of aryl methyl sites for hydroxylation is 1. The molecule has 2 nitrogen and oxygen atoms in total. The monoisotopic (exact) mass is 190 g/mol. The third kappa shape index (κ3) is 1.66. The van der Waals surface area contributed by atoms with E-state index < -0.39 is 0 Å². The first kappa shape index (κ1) is 9.28. The number of furan rings is 1. The lowest BCUT2D eigenvalue weighted by Crippen LogP contribution is -1.80. The molecule has 1 N–H and O–H groups in total. The molecular weight excluding hydrogens is 176 g/mol. The molecule has 1 heterocycles. The van der Waals surface area contributed by atoms with Gasteiger partial charge in [0.2, 0.25) is 0 Å². The molecule has 14 heavy (non-hydrogen) atoms. The number of aliphatic hydroxyl groups is 1. The Balaban J connectivity index is 2.43. The number of aliphatic hydroxyl groups excluding tert-OH is 1. The number of fused-ring (bicyclic) bond motifs is 1. The first-order chi connectivity index (χ1) is 6.83. The highest BCUT2D eigenvalue weighted by molar-refractivity contribution is 5.78. The van der Waals surface area contributed by atoms with Crippen LogP contribution >= 0.6 is 0 Å². The van der Waals surface area contributed by atoms with E-state index >= 15 is 0 Å². The van der Waals surface area contributed by atoms with Gasteiger partial charge in [-0.15, -0.1) is 0 Å². The predicted molar refractivity (Wildman–Crippen MR) is 56.1 cm³/mol. The van der Waals surface area contributed by atoms with Crippen molar-refractivity contribution in [3.05, 3.63) is 35.6 Å². The second-order valence-electron chi connectivity index (χ2n) is 3.49. The molecule has 1 aromatic heterocycles. The summed E-state index contributed by atoms with van der Waals surface area (Å²) in [6, 6.07) is 8.08. The van der Waals surface area contributed by atoms with Gasteiger partial charge >= 0.3 is 0 Å². The Morgan fingerprint density at radius 1 is 1.29 bits per heavy atom. The maximum Gasteiger partial charge on any atom is 0.134 e. The van der Waals surface area contributed by atoms with Crippen LogP contribution in [-0.4, -0.2) is 5.11 Å². The summed E-state index contributed by atoms with van der Waals surface area (Å²) in [6.45, 7) is 2.14. The SMILES string of the molecule is CCCc1ccc2oc(CO)cc2c1. The van der Waals surface area contributed by atoms with E-state index in [2.05, 4.69) is 19.1 Å². The molecule has 0 bridgehead atoms. The molecule has 0 saturated carbocycles. The van der Waals surface area contributed by atoms with Crippen LogP contribution in [0.5, 0.6) is 0 Å². The predicted octanol–water partition coefficient (Wildman–Crippen LogP) is 2.88. The van der Waals surface area contributed by atoms with E-state index in [1.165, 1.54) is 5.56 Å². The van der Waals surface area contributed by atoms with Gasteiger partial charge in [-0.2, -0.15) is 0 Å². The summed E-state index contributed by atoms with van der Waals surface area (Å²) in [7, 11) is 0. The summed E-state index contributed by atoms with van der Waals surface area (Å²) in [4.78, 5) is 0. The van der Waals surface area contributed by atoms with Crippen molar-refractivity contribution in [2.24, 2.45) is 0 Å². The fraction of sp³-hybridized carbons (Fsp3) is 0.333. The maximum atomic E-state index is 8.92. The van der Waals surface area contributed by atoms with Gasteiger partial charge in [0, 0.05) is 5.39 Å². The van der Waals surface area contributed by atoms with E-state index in [1.54, 1.807) is 0 Å². The van der Waals surface area contributed by atoms with Gasteiger partial charge in [-0.05, 0) is 30.2 Å². The van der Waals surface area contributed by atoms with Gasteiger partial charge in [-0.1, -0.05) is 19.4 Å². The molecule has 0 spiro atoms. The van der Waals surface area contributed by atoms with E-state index in [-0.39, 0.29) is 6.61 Å². The topological polar surface area (TPSA) is 33.4 Å². The van der Waals surface area contributed by atoms with Crippen LogP contribution in [0.3, 0.4) is 0 Å². The Labute approximate surface area is 83.2 Å². The lowest BCUT2D eigenvalue weighted by molar-refractivity contribution is 0.251. The molecule has 0 amide bonds. The third-order valence-corrected chi connectivity index (χ3v) is 2.33. The molecule has 2 heteroatoms. The minimum atomic E-state index is -0.0300. The summed E-state index contributed by atoms with van der Waals surface area (Å²) in [5, 5.41) is 10.0. The van der Waals surface area contributed by atoms with Gasteiger partial charge < -0.3 is 9.52 Å². The zero-order valence-corrected chi connectivity index (χ0v) is 8.29. The van der Waals surface area contributed by atoms with Crippen LogP contribution in [0.1, 0.15) is 24.7 Å². The van der Waals surface area contributed by atoms with Crippen molar-refractivity contribution in [3.63, 3.8) is 0 Å². The second kappa shape index (κ2) is 3.84. The molecule has 0 aliphatic carbocycles. The van der Waals surface area contributed by atoms with Crippen molar-refractivity contribution in [1.29, 1.82) is 0 Å². The molecule has 2 rings (SSSR count). The van der Waals surface area contributed by atoms with Crippen molar-refractivity contribution >= 4 is 11.0 Å². The normalized spacial score (nSPS) is 11.0.